The first-order valence-corrected chi connectivity index (χ1v) is 3.82. The highest BCUT2D eigenvalue weighted by Crippen LogP contribution is 2.24. The molecule has 2 heterocycles. The summed E-state index contributed by atoms with van der Waals surface area (Å²) in [5, 5.41) is 3.18. The SMILES string of the molecule is [C]1=C2C=CC=CN2CS1. The van der Waals surface area contributed by atoms with E-state index in [1.807, 2.05) is 12.2 Å². The van der Waals surface area contributed by atoms with Gasteiger partial charge in [-0.2, -0.15) is 0 Å². The van der Waals surface area contributed by atoms with Gasteiger partial charge in [-0.3, -0.25) is 0 Å². The lowest BCUT2D eigenvalue weighted by Crippen LogP contribution is -2.10. The van der Waals surface area contributed by atoms with Crippen LogP contribution in [0.3, 0.4) is 0 Å². The highest BCUT2D eigenvalue weighted by molar-refractivity contribution is 8.01. The summed E-state index contributed by atoms with van der Waals surface area (Å²) in [5.74, 6) is 1.02. The van der Waals surface area contributed by atoms with E-state index in [2.05, 4.69) is 22.6 Å². The van der Waals surface area contributed by atoms with Crippen LogP contribution in [-0.4, -0.2) is 10.8 Å². The normalized spacial score (nSPS) is 22.2. The Hall–Kier alpha value is -0.630. The highest BCUT2D eigenvalue weighted by atomic mass is 32.2. The van der Waals surface area contributed by atoms with E-state index >= 15 is 0 Å². The Morgan fingerprint density at radius 3 is 3.44 bits per heavy atom. The van der Waals surface area contributed by atoms with Crippen molar-refractivity contribution in [3.05, 3.63) is 35.5 Å². The summed E-state index contributed by atoms with van der Waals surface area (Å²) in [7, 11) is 0. The fraction of sp³-hybridized carbons (Fsp3) is 0.143. The van der Waals surface area contributed by atoms with Crippen molar-refractivity contribution >= 4 is 11.8 Å². The molecular formula is C7H6NS. The number of rotatable bonds is 0. The van der Waals surface area contributed by atoms with Crippen LogP contribution in [0.15, 0.2) is 30.1 Å². The van der Waals surface area contributed by atoms with Crippen molar-refractivity contribution < 1.29 is 0 Å². The van der Waals surface area contributed by atoms with E-state index in [4.69, 9.17) is 0 Å². The van der Waals surface area contributed by atoms with Crippen molar-refractivity contribution in [2.45, 2.75) is 0 Å². The molecule has 9 heavy (non-hydrogen) atoms. The zero-order valence-corrected chi connectivity index (χ0v) is 5.69. The van der Waals surface area contributed by atoms with Gasteiger partial charge in [0.2, 0.25) is 0 Å². The number of hydrogen-bond acceptors (Lipinski definition) is 2. The molecule has 0 N–H and O–H groups in total. The standard InChI is InChI=1S/C7H6NS/c1-2-4-8-6-9-5-7(8)3-1/h1-4H,6H2. The molecule has 2 aliphatic heterocycles. The molecule has 0 fully saturated rings. The Bertz CT molecular complexity index is 200. The molecule has 0 unspecified atom stereocenters. The van der Waals surface area contributed by atoms with E-state index in [0.29, 0.717) is 0 Å². The van der Waals surface area contributed by atoms with Crippen LogP contribution in [-0.2, 0) is 0 Å². The second kappa shape index (κ2) is 1.95. The predicted molar refractivity (Wildman–Crippen MR) is 39.3 cm³/mol. The van der Waals surface area contributed by atoms with Gasteiger partial charge in [-0.1, -0.05) is 6.08 Å². The second-order valence-corrected chi connectivity index (χ2v) is 2.68. The van der Waals surface area contributed by atoms with E-state index in [1.54, 1.807) is 11.8 Å². The highest BCUT2D eigenvalue weighted by Gasteiger charge is 2.11. The number of hydrogen-bond donors (Lipinski definition) is 0. The fourth-order valence-electron chi connectivity index (χ4n) is 0.857. The lowest BCUT2D eigenvalue weighted by molar-refractivity contribution is 0.572. The van der Waals surface area contributed by atoms with Gasteiger partial charge in [-0.25, -0.2) is 0 Å². The molecule has 1 nitrogen and oxygen atoms in total. The molecule has 0 saturated carbocycles. The number of nitrogens with zero attached hydrogens (tertiary/aromatic N) is 1. The number of fused-ring (bicyclic) bond motifs is 1. The third-order valence-electron chi connectivity index (χ3n) is 1.32. The molecule has 0 saturated heterocycles. The van der Waals surface area contributed by atoms with Gasteiger partial charge >= 0.3 is 0 Å². The topological polar surface area (TPSA) is 3.24 Å². The fourth-order valence-corrected chi connectivity index (χ4v) is 1.62. The summed E-state index contributed by atoms with van der Waals surface area (Å²) in [6, 6.07) is 0. The van der Waals surface area contributed by atoms with E-state index in [9.17, 15) is 0 Å². The number of allylic oxidation sites excluding steroid dienone is 3. The van der Waals surface area contributed by atoms with Crippen LogP contribution in [0.4, 0.5) is 0 Å². The molecule has 0 aromatic heterocycles. The summed E-state index contributed by atoms with van der Waals surface area (Å²) >= 11 is 1.72. The summed E-state index contributed by atoms with van der Waals surface area (Å²) in [6.07, 6.45) is 8.21. The van der Waals surface area contributed by atoms with Gasteiger partial charge in [-0.15, -0.1) is 11.8 Å². The molecule has 45 valence electrons. The van der Waals surface area contributed by atoms with Crippen molar-refractivity contribution in [1.82, 2.24) is 4.90 Å². The minimum Gasteiger partial charge on any atom is -0.337 e. The Balaban J connectivity index is 2.33. The van der Waals surface area contributed by atoms with Crippen molar-refractivity contribution in [3.63, 3.8) is 0 Å². The van der Waals surface area contributed by atoms with Gasteiger partial charge in [-0.05, 0) is 12.2 Å². The molecule has 0 bridgehead atoms. The summed E-state index contributed by atoms with van der Waals surface area (Å²) in [4.78, 5) is 2.17. The van der Waals surface area contributed by atoms with Crippen LogP contribution in [0.1, 0.15) is 0 Å². The molecule has 0 atom stereocenters. The van der Waals surface area contributed by atoms with Crippen molar-refractivity contribution in [2.75, 3.05) is 5.88 Å². The molecule has 1 radical (unpaired) electrons. The zero-order valence-electron chi connectivity index (χ0n) is 4.87. The van der Waals surface area contributed by atoms with Crippen LogP contribution in [0.25, 0.3) is 0 Å². The van der Waals surface area contributed by atoms with E-state index in [-0.39, 0.29) is 0 Å². The van der Waals surface area contributed by atoms with Crippen LogP contribution in [0.2, 0.25) is 0 Å². The maximum Gasteiger partial charge on any atom is 0.0730 e. The second-order valence-electron chi connectivity index (χ2n) is 1.93. The Kier molecular flexibility index (Phi) is 1.12. The van der Waals surface area contributed by atoms with Crippen LogP contribution >= 0.6 is 11.8 Å². The Morgan fingerprint density at radius 1 is 1.56 bits per heavy atom. The molecule has 0 aromatic rings. The van der Waals surface area contributed by atoms with E-state index in [0.717, 1.165) is 5.88 Å². The van der Waals surface area contributed by atoms with Gasteiger partial charge in [0.1, 0.15) is 0 Å². The first kappa shape index (κ1) is 5.18. The number of thioether (sulfide) groups is 1. The molecule has 2 heteroatoms. The monoisotopic (exact) mass is 136 g/mol. The molecule has 0 aromatic carbocycles. The summed E-state index contributed by atoms with van der Waals surface area (Å²) < 4.78 is 0. The lowest BCUT2D eigenvalue weighted by Gasteiger charge is -2.15. The molecule has 2 rings (SSSR count). The van der Waals surface area contributed by atoms with Crippen LogP contribution in [0, 0.1) is 5.41 Å². The van der Waals surface area contributed by atoms with Crippen LogP contribution in [0.5, 0.6) is 0 Å². The molecular weight excluding hydrogens is 130 g/mol. The Morgan fingerprint density at radius 2 is 2.56 bits per heavy atom. The molecule has 0 aliphatic carbocycles. The maximum atomic E-state index is 3.18. The maximum absolute atomic E-state index is 3.18. The molecule has 0 amide bonds. The minimum atomic E-state index is 1.02. The predicted octanol–water partition coefficient (Wildman–Crippen LogP) is 1.72. The average Bonchev–Trinajstić information content (AvgIpc) is 2.33. The summed E-state index contributed by atoms with van der Waals surface area (Å²) in [6.45, 7) is 0. The van der Waals surface area contributed by atoms with Crippen molar-refractivity contribution in [1.29, 1.82) is 0 Å². The van der Waals surface area contributed by atoms with E-state index in [1.165, 1.54) is 5.70 Å². The first-order chi connectivity index (χ1) is 4.47. The summed E-state index contributed by atoms with van der Waals surface area (Å²) in [5.41, 5.74) is 1.20. The minimum absolute atomic E-state index is 1.02. The molecule has 0 spiro atoms. The van der Waals surface area contributed by atoms with Gasteiger partial charge in [0.15, 0.2) is 0 Å². The van der Waals surface area contributed by atoms with Crippen molar-refractivity contribution in [2.24, 2.45) is 0 Å². The third-order valence-corrected chi connectivity index (χ3v) is 2.08. The van der Waals surface area contributed by atoms with Gasteiger partial charge in [0.05, 0.1) is 11.6 Å². The van der Waals surface area contributed by atoms with E-state index < -0.39 is 0 Å². The third kappa shape index (κ3) is 0.793. The molecule has 2 aliphatic rings. The van der Waals surface area contributed by atoms with Gasteiger partial charge in [0.25, 0.3) is 0 Å². The quantitative estimate of drug-likeness (QED) is 0.499. The zero-order chi connectivity index (χ0) is 6.10. The van der Waals surface area contributed by atoms with Gasteiger partial charge < -0.3 is 4.90 Å². The van der Waals surface area contributed by atoms with Crippen LogP contribution < -0.4 is 0 Å². The van der Waals surface area contributed by atoms with Crippen molar-refractivity contribution in [3.8, 4) is 0 Å². The first-order valence-electron chi connectivity index (χ1n) is 2.83. The Labute approximate surface area is 58.7 Å². The largest absolute Gasteiger partial charge is 0.337 e. The van der Waals surface area contributed by atoms with Gasteiger partial charge in [0, 0.05) is 11.6 Å². The smallest absolute Gasteiger partial charge is 0.0730 e. The lowest BCUT2D eigenvalue weighted by atomic mass is 10.3. The average molecular weight is 136 g/mol.